The van der Waals surface area contributed by atoms with Gasteiger partial charge in [0.2, 0.25) is 0 Å². The molecule has 7 heteroatoms. The number of hydrogen-bond donors (Lipinski definition) is 1. The Morgan fingerprint density at radius 1 is 1.48 bits per heavy atom. The summed E-state index contributed by atoms with van der Waals surface area (Å²) in [7, 11) is 0. The Morgan fingerprint density at radius 2 is 2.19 bits per heavy atom. The summed E-state index contributed by atoms with van der Waals surface area (Å²) in [5, 5.41) is 13.1. The van der Waals surface area contributed by atoms with Gasteiger partial charge < -0.3 is 14.5 Å². The summed E-state index contributed by atoms with van der Waals surface area (Å²) in [5.41, 5.74) is 1.61. The molecule has 2 rings (SSSR count). The van der Waals surface area contributed by atoms with Crippen LogP contribution in [0.15, 0.2) is 10.6 Å². The maximum atomic E-state index is 12.6. The molecule has 2 aromatic rings. The molecule has 0 aliphatic heterocycles. The number of fused-ring (bicyclic) bond motifs is 1. The molecule has 2 aromatic heterocycles. The minimum absolute atomic E-state index is 0.0989. The van der Waals surface area contributed by atoms with E-state index in [1.807, 2.05) is 0 Å². The van der Waals surface area contributed by atoms with Crippen molar-refractivity contribution in [2.24, 2.45) is 0 Å². The number of terminal acetylenes is 1. The standard InChI is InChI=1S/C14H13N3O4/c1-4-5-17(7-11(18)19)14(20)10-6-8(2)15-13-12(10)9(3)16-21-13/h1,6H,5,7H2,2-3H3,(H,18,19). The molecule has 108 valence electrons. The zero-order valence-electron chi connectivity index (χ0n) is 11.6. The number of carbonyl (C=O) groups is 2. The third-order valence-electron chi connectivity index (χ3n) is 2.87. The second kappa shape index (κ2) is 5.63. The average molecular weight is 287 g/mol. The van der Waals surface area contributed by atoms with E-state index < -0.39 is 18.4 Å². The van der Waals surface area contributed by atoms with E-state index in [1.165, 1.54) is 0 Å². The summed E-state index contributed by atoms with van der Waals surface area (Å²) in [6, 6.07) is 1.57. The number of aryl methyl sites for hydroxylation is 2. The fourth-order valence-corrected chi connectivity index (χ4v) is 2.03. The summed E-state index contributed by atoms with van der Waals surface area (Å²) in [5.74, 6) is 0.657. The molecule has 1 amide bonds. The van der Waals surface area contributed by atoms with Crippen LogP contribution in [0.2, 0.25) is 0 Å². The van der Waals surface area contributed by atoms with Gasteiger partial charge in [-0.15, -0.1) is 6.42 Å². The minimum atomic E-state index is -1.14. The summed E-state index contributed by atoms with van der Waals surface area (Å²) in [6.07, 6.45) is 5.19. The van der Waals surface area contributed by atoms with Gasteiger partial charge in [-0.05, 0) is 19.9 Å². The fraction of sp³-hybridized carbons (Fsp3) is 0.286. The molecule has 21 heavy (non-hydrogen) atoms. The molecule has 0 saturated heterocycles. The van der Waals surface area contributed by atoms with Gasteiger partial charge in [-0.3, -0.25) is 9.59 Å². The highest BCUT2D eigenvalue weighted by atomic mass is 16.5. The molecule has 0 radical (unpaired) electrons. The van der Waals surface area contributed by atoms with Crippen molar-refractivity contribution in [3.05, 3.63) is 23.0 Å². The normalized spacial score (nSPS) is 10.3. The van der Waals surface area contributed by atoms with Crippen molar-refractivity contribution in [1.82, 2.24) is 15.0 Å². The molecule has 0 spiro atoms. The molecular formula is C14H13N3O4. The van der Waals surface area contributed by atoms with Gasteiger partial charge in [0.15, 0.2) is 0 Å². The molecule has 0 aromatic carbocycles. The molecule has 2 heterocycles. The second-order valence-corrected chi connectivity index (χ2v) is 4.52. The first-order valence-electron chi connectivity index (χ1n) is 6.12. The van der Waals surface area contributed by atoms with Crippen LogP contribution in [0.5, 0.6) is 0 Å². The Hall–Kier alpha value is -2.88. The fourth-order valence-electron chi connectivity index (χ4n) is 2.03. The molecule has 0 aliphatic carbocycles. The molecular weight excluding hydrogens is 274 g/mol. The molecule has 0 unspecified atom stereocenters. The van der Waals surface area contributed by atoms with Gasteiger partial charge in [-0.25, -0.2) is 4.98 Å². The van der Waals surface area contributed by atoms with E-state index in [2.05, 4.69) is 16.1 Å². The molecule has 7 nitrogen and oxygen atoms in total. The van der Waals surface area contributed by atoms with E-state index in [1.54, 1.807) is 19.9 Å². The molecule has 0 saturated carbocycles. The maximum Gasteiger partial charge on any atom is 0.323 e. The van der Waals surface area contributed by atoms with Crippen LogP contribution < -0.4 is 0 Å². The largest absolute Gasteiger partial charge is 0.480 e. The van der Waals surface area contributed by atoms with Crippen LogP contribution in [-0.4, -0.2) is 45.1 Å². The van der Waals surface area contributed by atoms with Gasteiger partial charge >= 0.3 is 5.97 Å². The molecule has 0 bridgehead atoms. The maximum absolute atomic E-state index is 12.6. The van der Waals surface area contributed by atoms with Gasteiger partial charge in [0.25, 0.3) is 11.6 Å². The third kappa shape index (κ3) is 2.84. The number of hydrogen-bond acceptors (Lipinski definition) is 5. The van der Waals surface area contributed by atoms with E-state index >= 15 is 0 Å². The van der Waals surface area contributed by atoms with Gasteiger partial charge in [0.05, 0.1) is 23.2 Å². The lowest BCUT2D eigenvalue weighted by Gasteiger charge is -2.18. The quantitative estimate of drug-likeness (QED) is 0.843. The number of aliphatic carboxylic acids is 1. The average Bonchev–Trinajstić information content (AvgIpc) is 2.77. The predicted molar refractivity (Wildman–Crippen MR) is 73.7 cm³/mol. The van der Waals surface area contributed by atoms with Crippen LogP contribution in [0.4, 0.5) is 0 Å². The SMILES string of the molecule is C#CCN(CC(=O)O)C(=O)c1cc(C)nc2onc(C)c12. The van der Waals surface area contributed by atoms with Crippen LogP contribution in [0.1, 0.15) is 21.7 Å². The highest BCUT2D eigenvalue weighted by Crippen LogP contribution is 2.23. The first-order valence-corrected chi connectivity index (χ1v) is 6.12. The number of nitrogens with zero attached hydrogens (tertiary/aromatic N) is 3. The third-order valence-corrected chi connectivity index (χ3v) is 2.87. The van der Waals surface area contributed by atoms with Crippen molar-refractivity contribution in [2.75, 3.05) is 13.1 Å². The van der Waals surface area contributed by atoms with E-state index in [0.29, 0.717) is 16.8 Å². The van der Waals surface area contributed by atoms with Crippen molar-refractivity contribution in [3.8, 4) is 12.3 Å². The van der Waals surface area contributed by atoms with Crippen LogP contribution in [0.25, 0.3) is 11.1 Å². The van der Waals surface area contributed by atoms with Crippen LogP contribution in [0, 0.1) is 26.2 Å². The Morgan fingerprint density at radius 3 is 2.81 bits per heavy atom. The van der Waals surface area contributed by atoms with E-state index in [4.69, 9.17) is 16.1 Å². The smallest absolute Gasteiger partial charge is 0.323 e. The number of carboxylic acid groups (broad SMARTS) is 1. The summed E-state index contributed by atoms with van der Waals surface area (Å²) >= 11 is 0. The van der Waals surface area contributed by atoms with Crippen molar-refractivity contribution in [3.63, 3.8) is 0 Å². The first-order chi connectivity index (χ1) is 9.93. The van der Waals surface area contributed by atoms with E-state index in [-0.39, 0.29) is 17.8 Å². The second-order valence-electron chi connectivity index (χ2n) is 4.52. The van der Waals surface area contributed by atoms with Gasteiger partial charge in [-0.1, -0.05) is 11.1 Å². The lowest BCUT2D eigenvalue weighted by atomic mass is 10.1. The number of pyridine rings is 1. The molecule has 0 fully saturated rings. The number of carboxylic acids is 1. The highest BCUT2D eigenvalue weighted by molar-refractivity contribution is 6.06. The molecule has 0 atom stereocenters. The summed E-state index contributed by atoms with van der Waals surface area (Å²) in [4.78, 5) is 28.6. The van der Waals surface area contributed by atoms with Crippen LogP contribution in [0.3, 0.4) is 0 Å². The Labute approximate surface area is 120 Å². The van der Waals surface area contributed by atoms with Crippen molar-refractivity contribution in [1.29, 1.82) is 0 Å². The number of aromatic nitrogens is 2. The van der Waals surface area contributed by atoms with Gasteiger partial charge in [0, 0.05) is 5.69 Å². The van der Waals surface area contributed by atoms with Crippen molar-refractivity contribution in [2.45, 2.75) is 13.8 Å². The minimum Gasteiger partial charge on any atom is -0.480 e. The lowest BCUT2D eigenvalue weighted by molar-refractivity contribution is -0.137. The zero-order valence-corrected chi connectivity index (χ0v) is 11.6. The number of rotatable bonds is 4. The Kier molecular flexibility index (Phi) is 3.89. The Bertz CT molecular complexity index is 757. The number of amides is 1. The van der Waals surface area contributed by atoms with Gasteiger partial charge in [0.1, 0.15) is 6.54 Å². The number of carbonyl (C=O) groups excluding carboxylic acids is 1. The topological polar surface area (TPSA) is 96.5 Å². The van der Waals surface area contributed by atoms with Crippen LogP contribution >= 0.6 is 0 Å². The van der Waals surface area contributed by atoms with Crippen molar-refractivity contribution < 1.29 is 19.2 Å². The lowest BCUT2D eigenvalue weighted by Crippen LogP contribution is -2.36. The van der Waals surface area contributed by atoms with Gasteiger partial charge in [-0.2, -0.15) is 0 Å². The molecule has 0 aliphatic rings. The zero-order chi connectivity index (χ0) is 15.6. The first kappa shape index (κ1) is 14.5. The van der Waals surface area contributed by atoms with E-state index in [9.17, 15) is 9.59 Å². The predicted octanol–water partition coefficient (Wildman–Crippen LogP) is 1.000. The highest BCUT2D eigenvalue weighted by Gasteiger charge is 2.23. The van der Waals surface area contributed by atoms with Crippen LogP contribution in [-0.2, 0) is 4.79 Å². The summed E-state index contributed by atoms with van der Waals surface area (Å²) < 4.78 is 5.05. The molecule has 1 N–H and O–H groups in total. The van der Waals surface area contributed by atoms with Crippen molar-refractivity contribution >= 4 is 23.0 Å². The summed E-state index contributed by atoms with van der Waals surface area (Å²) in [6.45, 7) is 2.81. The Balaban J connectivity index is 2.53. The van der Waals surface area contributed by atoms with E-state index in [0.717, 1.165) is 4.90 Å². The monoisotopic (exact) mass is 287 g/mol.